The Labute approximate surface area is 139 Å². The molecule has 3 heterocycles. The summed E-state index contributed by atoms with van der Waals surface area (Å²) in [5, 5.41) is 0. The molecule has 0 atom stereocenters. The van der Waals surface area contributed by atoms with E-state index >= 15 is 0 Å². The van der Waals surface area contributed by atoms with Crippen molar-refractivity contribution in [3.63, 3.8) is 0 Å². The number of ether oxygens (including phenoxy) is 1. The van der Waals surface area contributed by atoms with Gasteiger partial charge in [0.05, 0.1) is 16.8 Å². The molecule has 0 aliphatic carbocycles. The molecule has 124 valence electrons. The fourth-order valence-electron chi connectivity index (χ4n) is 3.09. The largest absolute Gasteiger partial charge is 0.461 e. The topological polar surface area (TPSA) is 51.5 Å². The Morgan fingerprint density at radius 3 is 2.65 bits per heavy atom. The first kappa shape index (κ1) is 16.1. The highest BCUT2D eigenvalue weighted by Crippen LogP contribution is 2.29. The van der Waals surface area contributed by atoms with Gasteiger partial charge in [0.1, 0.15) is 12.2 Å². The number of rotatable bonds is 4. The lowest BCUT2D eigenvalue weighted by Gasteiger charge is -2.27. The smallest absolute Gasteiger partial charge is 0.355 e. The van der Waals surface area contributed by atoms with Crippen LogP contribution in [0.25, 0.3) is 10.2 Å². The Balaban J connectivity index is 1.91. The molecule has 1 fully saturated rings. The van der Waals surface area contributed by atoms with E-state index in [1.165, 1.54) is 11.3 Å². The number of thiophene rings is 1. The van der Waals surface area contributed by atoms with Crippen molar-refractivity contribution in [1.82, 2.24) is 9.47 Å². The van der Waals surface area contributed by atoms with Crippen LogP contribution in [0.1, 0.15) is 41.6 Å². The highest BCUT2D eigenvalue weighted by molar-refractivity contribution is 7.19. The maximum absolute atomic E-state index is 12.6. The Bertz CT molecular complexity index is 726. The van der Waals surface area contributed by atoms with Crippen molar-refractivity contribution < 1.29 is 14.3 Å². The van der Waals surface area contributed by atoms with Crippen LogP contribution in [-0.2, 0) is 16.1 Å². The van der Waals surface area contributed by atoms with Crippen LogP contribution in [0.15, 0.2) is 12.1 Å². The van der Waals surface area contributed by atoms with E-state index in [1.54, 1.807) is 18.3 Å². The normalized spacial score (nSPS) is 15.1. The van der Waals surface area contributed by atoms with E-state index in [9.17, 15) is 9.59 Å². The summed E-state index contributed by atoms with van der Waals surface area (Å²) >= 11 is 1.63. The molecule has 0 saturated carbocycles. The Hall–Kier alpha value is -1.82. The number of hydrogen-bond acceptors (Lipinski definition) is 4. The SMILES string of the molecule is CCOC(=O)c1cc2sc(C)cc2n1CC(=O)N1CCCCC1. The molecule has 0 aromatic carbocycles. The van der Waals surface area contributed by atoms with Gasteiger partial charge in [0, 0.05) is 18.0 Å². The van der Waals surface area contributed by atoms with Crippen molar-refractivity contribution in [3.8, 4) is 0 Å². The maximum Gasteiger partial charge on any atom is 0.355 e. The van der Waals surface area contributed by atoms with E-state index in [1.807, 2.05) is 28.5 Å². The standard InChI is InChI=1S/C17H22N2O3S/c1-3-22-17(21)14-10-15-13(9-12(2)23-15)19(14)11-16(20)18-7-5-4-6-8-18/h9-10H,3-8,11H2,1-2H3. The number of amides is 1. The zero-order valence-corrected chi connectivity index (χ0v) is 14.4. The Kier molecular flexibility index (Phi) is 4.71. The van der Waals surface area contributed by atoms with E-state index in [4.69, 9.17) is 4.74 Å². The van der Waals surface area contributed by atoms with Gasteiger partial charge in [-0.1, -0.05) is 0 Å². The average Bonchev–Trinajstić information content (AvgIpc) is 3.06. The van der Waals surface area contributed by atoms with E-state index in [0.29, 0.717) is 12.3 Å². The third-order valence-electron chi connectivity index (χ3n) is 4.20. The molecule has 1 aliphatic rings. The predicted molar refractivity (Wildman–Crippen MR) is 90.9 cm³/mol. The van der Waals surface area contributed by atoms with Crippen LogP contribution >= 0.6 is 11.3 Å². The lowest BCUT2D eigenvalue weighted by atomic mass is 10.1. The van der Waals surface area contributed by atoms with Crippen LogP contribution in [0.2, 0.25) is 0 Å². The highest BCUT2D eigenvalue weighted by Gasteiger charge is 2.23. The number of carbonyl (C=O) groups excluding carboxylic acids is 2. The summed E-state index contributed by atoms with van der Waals surface area (Å²) in [6.45, 7) is 5.99. The first-order valence-electron chi connectivity index (χ1n) is 8.14. The van der Waals surface area contributed by atoms with Crippen LogP contribution < -0.4 is 0 Å². The Morgan fingerprint density at radius 1 is 1.22 bits per heavy atom. The van der Waals surface area contributed by atoms with E-state index < -0.39 is 0 Å². The summed E-state index contributed by atoms with van der Waals surface area (Å²) in [6, 6.07) is 3.88. The number of likely N-dealkylation sites (tertiary alicyclic amines) is 1. The number of aryl methyl sites for hydroxylation is 1. The second kappa shape index (κ2) is 6.74. The summed E-state index contributed by atoms with van der Waals surface area (Å²) in [7, 11) is 0. The van der Waals surface area contributed by atoms with Crippen molar-refractivity contribution in [2.24, 2.45) is 0 Å². The minimum atomic E-state index is -0.361. The number of nitrogens with zero attached hydrogens (tertiary/aromatic N) is 2. The van der Waals surface area contributed by atoms with Gasteiger partial charge in [-0.2, -0.15) is 0 Å². The maximum atomic E-state index is 12.6. The minimum Gasteiger partial charge on any atom is -0.461 e. The van der Waals surface area contributed by atoms with Crippen molar-refractivity contribution in [2.45, 2.75) is 39.7 Å². The van der Waals surface area contributed by atoms with Gasteiger partial charge in [-0.25, -0.2) is 4.79 Å². The molecule has 0 bridgehead atoms. The number of piperidine rings is 1. The fourth-order valence-corrected chi connectivity index (χ4v) is 4.05. The van der Waals surface area contributed by atoms with Crippen LogP contribution in [0.3, 0.4) is 0 Å². The minimum absolute atomic E-state index is 0.0802. The quantitative estimate of drug-likeness (QED) is 0.807. The average molecular weight is 334 g/mol. The van der Waals surface area contributed by atoms with Crippen molar-refractivity contribution in [3.05, 3.63) is 22.7 Å². The molecule has 0 spiro atoms. The van der Waals surface area contributed by atoms with E-state index in [2.05, 4.69) is 0 Å². The molecule has 5 nitrogen and oxygen atoms in total. The summed E-state index contributed by atoms with van der Waals surface area (Å²) < 4.78 is 7.98. The number of fused-ring (bicyclic) bond motifs is 1. The Morgan fingerprint density at radius 2 is 1.96 bits per heavy atom. The molecule has 0 unspecified atom stereocenters. The zero-order chi connectivity index (χ0) is 16.4. The molecule has 23 heavy (non-hydrogen) atoms. The third kappa shape index (κ3) is 3.27. The monoisotopic (exact) mass is 334 g/mol. The molecule has 1 saturated heterocycles. The van der Waals surface area contributed by atoms with Gasteiger partial charge in [-0.05, 0) is 45.2 Å². The van der Waals surface area contributed by atoms with Crippen molar-refractivity contribution in [2.75, 3.05) is 19.7 Å². The summed E-state index contributed by atoms with van der Waals surface area (Å²) in [6.07, 6.45) is 3.32. The van der Waals surface area contributed by atoms with Gasteiger partial charge < -0.3 is 14.2 Å². The fraction of sp³-hybridized carbons (Fsp3) is 0.529. The summed E-state index contributed by atoms with van der Waals surface area (Å²) in [4.78, 5) is 27.9. The van der Waals surface area contributed by atoms with Crippen LogP contribution in [0.5, 0.6) is 0 Å². The predicted octanol–water partition coefficient (Wildman–Crippen LogP) is 3.20. The second-order valence-corrected chi connectivity index (χ2v) is 7.17. The van der Waals surface area contributed by atoms with E-state index in [0.717, 1.165) is 36.1 Å². The molecule has 1 amide bonds. The first-order chi connectivity index (χ1) is 11.1. The van der Waals surface area contributed by atoms with E-state index in [-0.39, 0.29) is 18.4 Å². The molecule has 2 aromatic heterocycles. The molecule has 0 N–H and O–H groups in total. The van der Waals surface area contributed by atoms with Gasteiger partial charge in [0.2, 0.25) is 5.91 Å². The molecule has 0 radical (unpaired) electrons. The molecule has 6 heteroatoms. The molecular weight excluding hydrogens is 312 g/mol. The number of carbonyl (C=O) groups is 2. The molecule has 2 aromatic rings. The summed E-state index contributed by atoms with van der Waals surface area (Å²) in [5.41, 5.74) is 1.42. The van der Waals surface area contributed by atoms with Gasteiger partial charge in [0.25, 0.3) is 0 Å². The van der Waals surface area contributed by atoms with Gasteiger partial charge in [-0.15, -0.1) is 11.3 Å². The first-order valence-corrected chi connectivity index (χ1v) is 8.96. The highest BCUT2D eigenvalue weighted by atomic mass is 32.1. The lowest BCUT2D eigenvalue weighted by molar-refractivity contribution is -0.132. The second-order valence-electron chi connectivity index (χ2n) is 5.88. The van der Waals surface area contributed by atoms with Crippen LogP contribution in [0.4, 0.5) is 0 Å². The van der Waals surface area contributed by atoms with Crippen molar-refractivity contribution in [1.29, 1.82) is 0 Å². The van der Waals surface area contributed by atoms with Crippen LogP contribution in [-0.4, -0.2) is 41.0 Å². The number of hydrogen-bond donors (Lipinski definition) is 0. The van der Waals surface area contributed by atoms with Gasteiger partial charge in [0.15, 0.2) is 0 Å². The number of aromatic nitrogens is 1. The van der Waals surface area contributed by atoms with Crippen molar-refractivity contribution >= 4 is 33.4 Å². The molecule has 1 aliphatic heterocycles. The van der Waals surface area contributed by atoms with Gasteiger partial charge in [-0.3, -0.25) is 4.79 Å². The summed E-state index contributed by atoms with van der Waals surface area (Å²) in [5.74, 6) is -0.281. The zero-order valence-electron chi connectivity index (χ0n) is 13.6. The van der Waals surface area contributed by atoms with Gasteiger partial charge >= 0.3 is 5.97 Å². The molecule has 3 rings (SSSR count). The van der Waals surface area contributed by atoms with Crippen LogP contribution in [0, 0.1) is 6.92 Å². The number of esters is 1. The third-order valence-corrected chi connectivity index (χ3v) is 5.19. The molecular formula is C17H22N2O3S. The lowest BCUT2D eigenvalue weighted by Crippen LogP contribution is -2.38.